The fraction of sp³-hybridized carbons (Fsp3) is 0.290. The Bertz CT molecular complexity index is 5550. The van der Waals surface area contributed by atoms with E-state index in [2.05, 4.69) is 62.0 Å². The van der Waals surface area contributed by atoms with Crippen molar-refractivity contribution < 1.29 is 49.0 Å². The number of fused-ring (bicyclic) bond motifs is 3. The van der Waals surface area contributed by atoms with Crippen molar-refractivity contribution in [3.8, 4) is 68.8 Å². The molecule has 5 N–H and O–H groups in total. The number of nitrogens with one attached hydrogen (secondary N) is 1. The molecule has 119 heavy (non-hydrogen) atoms. The maximum Gasteiger partial charge on any atom is 0.310 e. The van der Waals surface area contributed by atoms with E-state index in [1.165, 1.54) is 18.0 Å². The number of pyridine rings is 6. The summed E-state index contributed by atoms with van der Waals surface area (Å²) < 4.78 is 22.3. The Balaban J connectivity index is 0.000000165. The molecule has 3 atom stereocenters. The molecule has 0 unspecified atom stereocenters. The number of hydrogen-bond donors (Lipinski definition) is 5. The predicted octanol–water partition coefficient (Wildman–Crippen LogP) is 14.8. The Kier molecular flexibility index (Phi) is 28.2. The van der Waals surface area contributed by atoms with Crippen molar-refractivity contribution in [3.63, 3.8) is 0 Å². The van der Waals surface area contributed by atoms with Gasteiger partial charge >= 0.3 is 5.97 Å². The number of aliphatic hydroxyl groups is 3. The minimum atomic E-state index is -0.992. The van der Waals surface area contributed by atoms with Gasteiger partial charge in [-0.2, -0.15) is 31.1 Å². The zero-order valence-corrected chi connectivity index (χ0v) is 68.7. The highest BCUT2D eigenvalue weighted by Gasteiger charge is 2.28. The maximum atomic E-state index is 13.0. The molecule has 12 aromatic rings. The van der Waals surface area contributed by atoms with Crippen molar-refractivity contribution in [1.82, 2.24) is 58.9 Å². The minimum absolute atomic E-state index is 0. The number of benzene rings is 3. The second-order valence-electron chi connectivity index (χ2n) is 31.2. The number of carbonyl (C=O) groups is 3. The quantitative estimate of drug-likeness (QED) is 0.0446. The van der Waals surface area contributed by atoms with E-state index in [4.69, 9.17) is 29.3 Å². The lowest BCUT2D eigenvalue weighted by Crippen LogP contribution is -2.37. The molecular weight excluding hydrogens is 1520 g/mol. The van der Waals surface area contributed by atoms with Crippen molar-refractivity contribution in [1.29, 1.82) is 15.8 Å². The lowest BCUT2D eigenvalue weighted by molar-refractivity contribution is -0.138. The van der Waals surface area contributed by atoms with E-state index >= 15 is 0 Å². The number of rotatable bonds is 21. The molecule has 0 fully saturated rings. The lowest BCUT2D eigenvalue weighted by atomic mass is 9.97. The van der Waals surface area contributed by atoms with Crippen molar-refractivity contribution in [2.45, 2.75) is 116 Å². The summed E-state index contributed by atoms with van der Waals surface area (Å²) in [5.41, 5.74) is 14.4. The summed E-state index contributed by atoms with van der Waals surface area (Å²) >= 11 is 0. The second kappa shape index (κ2) is 38.7. The largest absolute Gasteiger partial charge is 0.489 e. The third kappa shape index (κ3) is 22.1. The highest BCUT2D eigenvalue weighted by Crippen LogP contribution is 2.37. The highest BCUT2D eigenvalue weighted by molar-refractivity contribution is 5.90. The fourth-order valence-electron chi connectivity index (χ4n) is 13.7. The van der Waals surface area contributed by atoms with Gasteiger partial charge in [0, 0.05) is 84.7 Å². The number of aromatic nitrogens is 9. The van der Waals surface area contributed by atoms with Crippen LogP contribution in [0.1, 0.15) is 150 Å². The van der Waals surface area contributed by atoms with E-state index in [0.717, 1.165) is 111 Å². The molecule has 610 valence electrons. The van der Waals surface area contributed by atoms with Crippen LogP contribution in [0.5, 0.6) is 17.2 Å². The lowest BCUT2D eigenvalue weighted by Gasteiger charge is -2.29. The van der Waals surface area contributed by atoms with E-state index < -0.39 is 28.7 Å². The maximum absolute atomic E-state index is 13.0. The van der Waals surface area contributed by atoms with E-state index in [-0.39, 0.29) is 55.9 Å². The number of halogens is 1. The molecule has 2 amide bonds. The number of aliphatic carboxylic acids is 1. The van der Waals surface area contributed by atoms with Crippen molar-refractivity contribution in [2.75, 3.05) is 59.1 Å². The number of nitrogens with zero attached hydrogens (tertiary/aromatic N) is 14. The standard InChI is InChI=1S/2C31H31N5O3.C22H23N5O2.C9H10O2.ClH/c2*1-21(22-7-5-4-6-8-22)30(37)35-13-11-23(12-14-35)28-10-9-24(17-33-28)27-15-26(39-20-31(2,3)38)19-36-29(27)25(16-32)18-34-36;1-22(2,28)14-29-18-9-19(21-17(10-23)12-26-27(21)13-18)16-3-4-20(25-11-16)15-5-7-24-8-6-15;1-7(9(10)11)8-5-3-2-4-6-8;/h2*4-11,15,17-19,21,38H,12-14,20H2,1-3H3;3-5,9,11-13,24,28H,6-8,14H2,1-2H3;2-7H,1H3,(H,10,11);1H/t2*21-;;7-;/m11.1./s1. The van der Waals surface area contributed by atoms with Crippen molar-refractivity contribution >= 4 is 63.5 Å². The second-order valence-corrected chi connectivity index (χ2v) is 31.2. The van der Waals surface area contributed by atoms with E-state index in [1.807, 2.05) is 175 Å². The van der Waals surface area contributed by atoms with Gasteiger partial charge in [0.25, 0.3) is 0 Å². The first-order chi connectivity index (χ1) is 56.6. The van der Waals surface area contributed by atoms with Crippen molar-refractivity contribution in [3.05, 3.63) is 270 Å². The van der Waals surface area contributed by atoms with Crippen LogP contribution in [0.3, 0.4) is 0 Å². The molecule has 3 aromatic carbocycles. The molecule has 26 heteroatoms. The summed E-state index contributed by atoms with van der Waals surface area (Å²) in [6.07, 6.45) is 23.8. The summed E-state index contributed by atoms with van der Waals surface area (Å²) in [7, 11) is 0. The van der Waals surface area contributed by atoms with Crippen LogP contribution in [-0.2, 0) is 14.4 Å². The zero-order valence-electron chi connectivity index (χ0n) is 67.9. The first-order valence-electron chi connectivity index (χ1n) is 39.1. The summed E-state index contributed by atoms with van der Waals surface area (Å²) in [4.78, 5) is 54.5. The minimum Gasteiger partial charge on any atom is -0.489 e. The average molecular weight is 1620 g/mol. The molecule has 0 spiro atoms. The van der Waals surface area contributed by atoms with Crippen LogP contribution in [0.15, 0.2) is 220 Å². The van der Waals surface area contributed by atoms with Crippen LogP contribution in [-0.4, -0.2) is 168 Å². The topological polar surface area (TPSA) is 340 Å². The number of carboxylic acids is 1. The highest BCUT2D eigenvalue weighted by atomic mass is 35.5. The van der Waals surface area contributed by atoms with Gasteiger partial charge in [0.15, 0.2) is 0 Å². The number of carbonyl (C=O) groups excluding carboxylic acids is 2. The van der Waals surface area contributed by atoms with Gasteiger partial charge in [-0.1, -0.05) is 127 Å². The third-order valence-corrected chi connectivity index (χ3v) is 20.2. The molecule has 0 saturated heterocycles. The van der Waals surface area contributed by atoms with Crippen LogP contribution >= 0.6 is 12.4 Å². The van der Waals surface area contributed by atoms with E-state index in [1.54, 1.807) is 99.2 Å². The fourth-order valence-corrected chi connectivity index (χ4v) is 13.7. The van der Waals surface area contributed by atoms with Crippen molar-refractivity contribution in [2.24, 2.45) is 0 Å². The van der Waals surface area contributed by atoms with E-state index in [0.29, 0.717) is 76.7 Å². The van der Waals surface area contributed by atoms with Gasteiger partial charge in [0.1, 0.15) is 55.3 Å². The van der Waals surface area contributed by atoms with Gasteiger partial charge in [-0.05, 0) is 158 Å². The van der Waals surface area contributed by atoms with Gasteiger partial charge in [-0.3, -0.25) is 29.3 Å². The van der Waals surface area contributed by atoms with Crippen LogP contribution in [0.2, 0.25) is 0 Å². The normalized spacial score (nSPS) is 14.2. The monoisotopic (exact) mass is 1620 g/mol. The first-order valence-corrected chi connectivity index (χ1v) is 39.1. The molecule has 0 saturated carbocycles. The molecule has 3 aliphatic heterocycles. The van der Waals surface area contributed by atoms with Crippen LogP contribution in [0, 0.1) is 34.0 Å². The molecule has 0 radical (unpaired) electrons. The Morgan fingerprint density at radius 2 is 0.773 bits per heavy atom. The van der Waals surface area contributed by atoms with Gasteiger partial charge < -0.3 is 49.8 Å². The Morgan fingerprint density at radius 3 is 1.03 bits per heavy atom. The molecule has 25 nitrogen and oxygen atoms in total. The van der Waals surface area contributed by atoms with Gasteiger partial charge in [0.05, 0.1) is 122 Å². The molecule has 9 aromatic heterocycles. The number of nitriles is 3. The van der Waals surface area contributed by atoms with Crippen LogP contribution in [0.4, 0.5) is 0 Å². The zero-order chi connectivity index (χ0) is 83.8. The summed E-state index contributed by atoms with van der Waals surface area (Å²) in [5, 5.41) is 83.7. The smallest absolute Gasteiger partial charge is 0.310 e. The van der Waals surface area contributed by atoms with Crippen LogP contribution < -0.4 is 19.5 Å². The number of ether oxygens (including phenoxy) is 3. The first kappa shape index (κ1) is 86.7. The Morgan fingerprint density at radius 1 is 0.454 bits per heavy atom. The number of carboxylic acid groups (broad SMARTS) is 1. The predicted molar refractivity (Wildman–Crippen MR) is 458 cm³/mol. The number of hydrogen-bond acceptors (Lipinski definition) is 19. The molecular formula is C93H96ClN15O10. The molecule has 0 bridgehead atoms. The third-order valence-electron chi connectivity index (χ3n) is 20.2. The van der Waals surface area contributed by atoms with Gasteiger partial charge in [0.2, 0.25) is 11.8 Å². The Hall–Kier alpha value is -13.2. The molecule has 12 heterocycles. The van der Waals surface area contributed by atoms with Crippen LogP contribution in [0.25, 0.3) is 66.7 Å². The van der Waals surface area contributed by atoms with Gasteiger partial charge in [-0.25, -0.2) is 13.5 Å². The summed E-state index contributed by atoms with van der Waals surface area (Å²) in [6, 6.07) is 53.0. The summed E-state index contributed by atoms with van der Waals surface area (Å²) in [5.74, 6) is 0.330. The van der Waals surface area contributed by atoms with E-state index in [9.17, 15) is 45.5 Å². The molecule has 15 rings (SSSR count). The van der Waals surface area contributed by atoms with Gasteiger partial charge in [-0.15, -0.1) is 12.4 Å². The molecule has 3 aliphatic rings. The average Bonchev–Trinajstić information content (AvgIpc) is 1.70. The Labute approximate surface area is 697 Å². The molecule has 0 aliphatic carbocycles. The number of amides is 2. The summed E-state index contributed by atoms with van der Waals surface area (Å²) in [6.45, 7) is 20.2. The SMILES string of the molecule is CC(C)(O)COc1cc(-c2ccc(C3=CCNCC3)nc2)c2c(C#N)cnn2c1.C[C@@H](C(=O)N1CC=C(c2ccc(-c3cc(OCC(C)(C)O)cn4ncc(C#N)c34)cn2)CC1)c1ccccc1.C[C@@H](C(=O)N1CC=C(c2ccc(-c3cc(OCC(C)(C)O)cn4ncc(C#N)c34)cn2)CC1)c1ccccc1.C[C@@H](C(=O)O)c1ccccc1.Cl.